The summed E-state index contributed by atoms with van der Waals surface area (Å²) in [5.41, 5.74) is 8.85. The number of hydrogen-bond acceptors (Lipinski definition) is 4. The molecule has 0 unspecified atom stereocenters. The third-order valence-electron chi connectivity index (χ3n) is 8.04. The van der Waals surface area contributed by atoms with Gasteiger partial charge in [0.25, 0.3) is 0 Å². The first kappa shape index (κ1) is 27.3. The molecule has 4 aromatic rings. The number of benzene rings is 4. The molecule has 0 spiro atoms. The van der Waals surface area contributed by atoms with Crippen molar-refractivity contribution in [2.24, 2.45) is 4.99 Å². The second-order valence-electron chi connectivity index (χ2n) is 10.6. The fraction of sp³-hybridized carbons (Fsp3) is 0.250. The standard InChI is InChI=1S/C36H35BrN2O2/c1-3-19-41-36-33(37)20-25(21-34(36)40-4-2)24-38-28-22-31-29(26-11-7-5-8-12-26)15-17-39-18-16-30(32(23-28)35(31)39)27-13-9-6-10-14-27/h3,5-14,20-24,29-30H,1,4,15-19H2,2H3/t29-,30-/m1/s1. The molecule has 0 fully saturated rings. The van der Waals surface area contributed by atoms with E-state index in [0.717, 1.165) is 41.7 Å². The van der Waals surface area contributed by atoms with Crippen LogP contribution in [0.2, 0.25) is 0 Å². The number of rotatable bonds is 9. The van der Waals surface area contributed by atoms with Crippen LogP contribution in [-0.2, 0) is 0 Å². The summed E-state index contributed by atoms with van der Waals surface area (Å²) in [6.07, 6.45) is 5.87. The largest absolute Gasteiger partial charge is 0.490 e. The minimum absolute atomic E-state index is 0.353. The molecule has 4 nitrogen and oxygen atoms in total. The third-order valence-corrected chi connectivity index (χ3v) is 8.63. The SMILES string of the molecule is C=CCOc1c(Br)cc(C=Nc2cc3c4c(c2)[C@@H](c2ccccc2)CCN4CC[C@@H]3c2ccccc2)cc1OCC. The lowest BCUT2D eigenvalue weighted by atomic mass is 9.76. The van der Waals surface area contributed by atoms with Gasteiger partial charge in [-0.15, -0.1) is 0 Å². The summed E-state index contributed by atoms with van der Waals surface area (Å²) in [7, 11) is 0. The van der Waals surface area contributed by atoms with E-state index in [1.165, 1.54) is 27.9 Å². The molecule has 2 atom stereocenters. The lowest BCUT2D eigenvalue weighted by molar-refractivity contribution is 0.295. The Morgan fingerprint density at radius 3 is 2.05 bits per heavy atom. The van der Waals surface area contributed by atoms with Gasteiger partial charge >= 0.3 is 0 Å². The van der Waals surface area contributed by atoms with E-state index in [1.807, 2.05) is 25.3 Å². The summed E-state index contributed by atoms with van der Waals surface area (Å²) in [6, 6.07) is 30.5. The van der Waals surface area contributed by atoms with E-state index in [9.17, 15) is 0 Å². The molecule has 208 valence electrons. The molecule has 2 aliphatic heterocycles. The van der Waals surface area contributed by atoms with E-state index < -0.39 is 0 Å². The van der Waals surface area contributed by atoms with Gasteiger partial charge < -0.3 is 14.4 Å². The van der Waals surface area contributed by atoms with Crippen LogP contribution in [0.15, 0.2) is 107 Å². The summed E-state index contributed by atoms with van der Waals surface area (Å²) in [5.74, 6) is 2.07. The normalized spacial score (nSPS) is 17.8. The topological polar surface area (TPSA) is 34.1 Å². The van der Waals surface area contributed by atoms with E-state index in [1.54, 1.807) is 6.08 Å². The minimum Gasteiger partial charge on any atom is -0.490 e. The molecule has 0 aromatic heterocycles. The van der Waals surface area contributed by atoms with Crippen LogP contribution < -0.4 is 14.4 Å². The summed E-state index contributed by atoms with van der Waals surface area (Å²) in [4.78, 5) is 7.66. The number of halogens is 1. The van der Waals surface area contributed by atoms with Gasteiger partial charge in [0.15, 0.2) is 11.5 Å². The van der Waals surface area contributed by atoms with Crippen LogP contribution in [0.25, 0.3) is 0 Å². The summed E-state index contributed by atoms with van der Waals surface area (Å²) < 4.78 is 12.6. The van der Waals surface area contributed by atoms with E-state index >= 15 is 0 Å². The number of aliphatic imine (C=N–C) groups is 1. The van der Waals surface area contributed by atoms with Gasteiger partial charge in [0, 0.05) is 36.8 Å². The maximum absolute atomic E-state index is 5.91. The van der Waals surface area contributed by atoms with Gasteiger partial charge in [-0.2, -0.15) is 0 Å². The molecule has 6 rings (SSSR count). The molecule has 2 aliphatic rings. The highest BCUT2D eigenvalue weighted by molar-refractivity contribution is 9.10. The first-order valence-corrected chi connectivity index (χ1v) is 15.2. The van der Waals surface area contributed by atoms with Crippen LogP contribution in [0, 0.1) is 0 Å². The van der Waals surface area contributed by atoms with E-state index in [2.05, 4.69) is 100 Å². The molecular weight excluding hydrogens is 572 g/mol. The van der Waals surface area contributed by atoms with Crippen LogP contribution in [0.5, 0.6) is 11.5 Å². The van der Waals surface area contributed by atoms with Crippen molar-refractivity contribution in [3.63, 3.8) is 0 Å². The summed E-state index contributed by atoms with van der Waals surface area (Å²) >= 11 is 3.67. The Morgan fingerprint density at radius 2 is 1.49 bits per heavy atom. The molecule has 0 radical (unpaired) electrons. The van der Waals surface area contributed by atoms with Crippen molar-refractivity contribution in [2.45, 2.75) is 31.6 Å². The quantitative estimate of drug-likeness (QED) is 0.141. The van der Waals surface area contributed by atoms with Crippen molar-refractivity contribution in [2.75, 3.05) is 31.2 Å². The van der Waals surface area contributed by atoms with Crippen molar-refractivity contribution >= 4 is 33.5 Å². The molecule has 0 N–H and O–H groups in total. The molecule has 2 heterocycles. The average molecular weight is 608 g/mol. The second-order valence-corrected chi connectivity index (χ2v) is 11.4. The zero-order valence-electron chi connectivity index (χ0n) is 23.4. The molecule has 5 heteroatoms. The Hall–Kier alpha value is -3.83. The van der Waals surface area contributed by atoms with E-state index in [0.29, 0.717) is 36.5 Å². The van der Waals surface area contributed by atoms with Gasteiger partial charge in [-0.1, -0.05) is 73.3 Å². The fourth-order valence-corrected chi connectivity index (χ4v) is 6.85. The maximum Gasteiger partial charge on any atom is 0.175 e. The highest BCUT2D eigenvalue weighted by Gasteiger charge is 2.35. The van der Waals surface area contributed by atoms with Gasteiger partial charge in [-0.05, 0) is 87.8 Å². The molecular formula is C36H35BrN2O2. The Labute approximate surface area is 251 Å². The summed E-state index contributed by atoms with van der Waals surface area (Å²) in [5, 5.41) is 0. The number of hydrogen-bond donors (Lipinski definition) is 0. The van der Waals surface area contributed by atoms with Gasteiger partial charge in [0.1, 0.15) is 6.61 Å². The lowest BCUT2D eigenvalue weighted by Gasteiger charge is -2.43. The number of ether oxygens (including phenoxy) is 2. The molecule has 0 aliphatic carbocycles. The van der Waals surface area contributed by atoms with Crippen molar-refractivity contribution in [1.82, 2.24) is 0 Å². The first-order chi connectivity index (χ1) is 20.2. The van der Waals surface area contributed by atoms with E-state index in [-0.39, 0.29) is 0 Å². The molecule has 0 amide bonds. The lowest BCUT2D eigenvalue weighted by Crippen LogP contribution is -2.37. The second kappa shape index (κ2) is 12.4. The van der Waals surface area contributed by atoms with Crippen LogP contribution in [-0.4, -0.2) is 32.5 Å². The smallest absolute Gasteiger partial charge is 0.175 e. The fourth-order valence-electron chi connectivity index (χ4n) is 6.27. The van der Waals surface area contributed by atoms with Crippen molar-refractivity contribution in [1.29, 1.82) is 0 Å². The third kappa shape index (κ3) is 5.69. The molecule has 0 saturated heterocycles. The number of nitrogens with zero attached hydrogens (tertiary/aromatic N) is 2. The van der Waals surface area contributed by atoms with Crippen LogP contribution in [0.1, 0.15) is 59.4 Å². The highest BCUT2D eigenvalue weighted by Crippen LogP contribution is 2.50. The maximum atomic E-state index is 5.91. The van der Waals surface area contributed by atoms with Gasteiger partial charge in [0.05, 0.1) is 16.8 Å². The van der Waals surface area contributed by atoms with Gasteiger partial charge in [-0.25, -0.2) is 0 Å². The Balaban J connectivity index is 1.44. The zero-order valence-corrected chi connectivity index (χ0v) is 25.0. The minimum atomic E-state index is 0.353. The Bertz CT molecular complexity index is 1480. The number of anilines is 1. The van der Waals surface area contributed by atoms with Crippen molar-refractivity contribution < 1.29 is 9.47 Å². The predicted molar refractivity (Wildman–Crippen MR) is 173 cm³/mol. The van der Waals surface area contributed by atoms with Crippen LogP contribution in [0.3, 0.4) is 0 Å². The Morgan fingerprint density at radius 1 is 0.878 bits per heavy atom. The molecule has 0 saturated carbocycles. The van der Waals surface area contributed by atoms with Crippen molar-refractivity contribution in [3.8, 4) is 11.5 Å². The van der Waals surface area contributed by atoms with Crippen LogP contribution in [0.4, 0.5) is 11.4 Å². The first-order valence-electron chi connectivity index (χ1n) is 14.4. The van der Waals surface area contributed by atoms with E-state index in [4.69, 9.17) is 14.5 Å². The van der Waals surface area contributed by atoms with Gasteiger partial charge in [0.2, 0.25) is 0 Å². The predicted octanol–water partition coefficient (Wildman–Crippen LogP) is 9.04. The Kier molecular flexibility index (Phi) is 8.24. The van der Waals surface area contributed by atoms with Gasteiger partial charge in [-0.3, -0.25) is 4.99 Å². The monoisotopic (exact) mass is 606 g/mol. The van der Waals surface area contributed by atoms with Crippen molar-refractivity contribution in [3.05, 3.63) is 130 Å². The summed E-state index contributed by atoms with van der Waals surface area (Å²) in [6.45, 7) is 8.85. The average Bonchev–Trinajstić information content (AvgIpc) is 3.01. The van der Waals surface area contributed by atoms with Crippen LogP contribution >= 0.6 is 15.9 Å². The highest BCUT2D eigenvalue weighted by atomic mass is 79.9. The molecule has 4 aromatic carbocycles. The molecule has 0 bridgehead atoms. The zero-order chi connectivity index (χ0) is 28.2. The molecule has 41 heavy (non-hydrogen) atoms.